The maximum absolute atomic E-state index is 12.0. The molecule has 2 rings (SSSR count). The van der Waals surface area contributed by atoms with E-state index in [1.54, 1.807) is 14.2 Å². The van der Waals surface area contributed by atoms with Gasteiger partial charge in [-0.1, -0.05) is 6.07 Å². The predicted octanol–water partition coefficient (Wildman–Crippen LogP) is 1.04. The number of methoxy groups -OCH3 is 2. The lowest BCUT2D eigenvalue weighted by atomic mass is 10.2. The quantitative estimate of drug-likeness (QED) is 0.851. The van der Waals surface area contributed by atoms with Crippen LogP contribution in [0, 0.1) is 0 Å². The van der Waals surface area contributed by atoms with Crippen LogP contribution in [0.15, 0.2) is 18.2 Å². The number of carbonyl (C=O) groups excluding carboxylic acids is 1. The van der Waals surface area contributed by atoms with Gasteiger partial charge in [-0.2, -0.15) is 0 Å². The van der Waals surface area contributed by atoms with Gasteiger partial charge in [0.15, 0.2) is 11.5 Å². The molecule has 0 aliphatic carbocycles. The average molecular weight is 308 g/mol. The van der Waals surface area contributed by atoms with Crippen molar-refractivity contribution in [1.29, 1.82) is 0 Å². The smallest absolute Gasteiger partial charge is 0.234 e. The van der Waals surface area contributed by atoms with Crippen molar-refractivity contribution in [2.75, 3.05) is 40.5 Å². The summed E-state index contributed by atoms with van der Waals surface area (Å²) >= 11 is 0. The van der Waals surface area contributed by atoms with Crippen LogP contribution >= 0.6 is 0 Å². The number of benzene rings is 1. The highest BCUT2D eigenvalue weighted by Gasteiger charge is 2.18. The molecule has 1 saturated heterocycles. The molecule has 1 atom stereocenters. The van der Waals surface area contributed by atoms with Crippen LogP contribution in [0.1, 0.15) is 12.5 Å². The highest BCUT2D eigenvalue weighted by molar-refractivity contribution is 5.78. The van der Waals surface area contributed by atoms with Crippen LogP contribution in [-0.4, -0.2) is 57.4 Å². The highest BCUT2D eigenvalue weighted by Crippen LogP contribution is 2.27. The summed E-state index contributed by atoms with van der Waals surface area (Å²) in [4.78, 5) is 14.1. The molecule has 1 fully saturated rings. The average Bonchev–Trinajstić information content (AvgIpc) is 2.52. The van der Waals surface area contributed by atoms with E-state index in [1.807, 2.05) is 25.1 Å². The van der Waals surface area contributed by atoms with Crippen LogP contribution < -0.4 is 14.8 Å². The van der Waals surface area contributed by atoms with Gasteiger partial charge in [0.25, 0.3) is 0 Å². The summed E-state index contributed by atoms with van der Waals surface area (Å²) in [5, 5.41) is 2.93. The molecule has 6 nitrogen and oxygen atoms in total. The Hall–Kier alpha value is -1.79. The Morgan fingerprint density at radius 3 is 2.82 bits per heavy atom. The van der Waals surface area contributed by atoms with Crippen molar-refractivity contribution in [3.05, 3.63) is 23.8 Å². The number of nitrogens with one attached hydrogen (secondary N) is 1. The fourth-order valence-corrected chi connectivity index (χ4v) is 2.48. The molecular formula is C16H24N2O4. The molecular weight excluding hydrogens is 284 g/mol. The molecule has 0 radical (unpaired) electrons. The van der Waals surface area contributed by atoms with Crippen LogP contribution in [0.5, 0.6) is 11.5 Å². The molecule has 1 N–H and O–H groups in total. The van der Waals surface area contributed by atoms with E-state index >= 15 is 0 Å². The lowest BCUT2D eigenvalue weighted by Crippen LogP contribution is -2.45. The molecule has 1 unspecified atom stereocenters. The first kappa shape index (κ1) is 16.6. The van der Waals surface area contributed by atoms with Gasteiger partial charge in [-0.15, -0.1) is 0 Å². The van der Waals surface area contributed by atoms with E-state index in [4.69, 9.17) is 14.2 Å². The number of hydrogen-bond donors (Lipinski definition) is 1. The van der Waals surface area contributed by atoms with Crippen LogP contribution in [0.2, 0.25) is 0 Å². The van der Waals surface area contributed by atoms with Gasteiger partial charge in [-0.3, -0.25) is 9.69 Å². The van der Waals surface area contributed by atoms with E-state index in [0.29, 0.717) is 31.2 Å². The molecule has 0 aromatic heterocycles. The molecule has 1 heterocycles. The summed E-state index contributed by atoms with van der Waals surface area (Å²) < 4.78 is 15.9. The van der Waals surface area contributed by atoms with Crippen molar-refractivity contribution in [2.24, 2.45) is 0 Å². The second kappa shape index (κ2) is 8.00. The first-order valence-corrected chi connectivity index (χ1v) is 7.44. The van der Waals surface area contributed by atoms with Crippen LogP contribution in [0.25, 0.3) is 0 Å². The Kier molecular flexibility index (Phi) is 6.03. The minimum atomic E-state index is 0.0175. The number of hydrogen-bond acceptors (Lipinski definition) is 5. The van der Waals surface area contributed by atoms with E-state index in [0.717, 1.165) is 18.7 Å². The number of morpholine rings is 1. The van der Waals surface area contributed by atoms with Gasteiger partial charge in [-0.05, 0) is 24.6 Å². The van der Waals surface area contributed by atoms with Crippen LogP contribution in [-0.2, 0) is 16.1 Å². The number of ether oxygens (including phenoxy) is 3. The molecule has 0 spiro atoms. The molecule has 22 heavy (non-hydrogen) atoms. The molecule has 1 amide bonds. The second-order valence-electron chi connectivity index (χ2n) is 5.38. The van der Waals surface area contributed by atoms with E-state index in [9.17, 15) is 4.79 Å². The lowest BCUT2D eigenvalue weighted by molar-refractivity contribution is -0.124. The summed E-state index contributed by atoms with van der Waals surface area (Å²) in [5.41, 5.74) is 0.973. The first-order valence-electron chi connectivity index (χ1n) is 7.44. The van der Waals surface area contributed by atoms with Gasteiger partial charge < -0.3 is 19.5 Å². The molecule has 0 bridgehead atoms. The van der Waals surface area contributed by atoms with Crippen molar-refractivity contribution in [3.8, 4) is 11.5 Å². The zero-order valence-corrected chi connectivity index (χ0v) is 13.4. The fraction of sp³-hybridized carbons (Fsp3) is 0.562. The SMILES string of the molecule is COc1ccc(CNC(=O)CN2CCOC(C)C2)cc1OC. The first-order chi connectivity index (χ1) is 10.6. The Morgan fingerprint density at radius 1 is 1.36 bits per heavy atom. The van der Waals surface area contributed by atoms with E-state index < -0.39 is 0 Å². The summed E-state index contributed by atoms with van der Waals surface area (Å²) in [6.45, 7) is 5.18. The van der Waals surface area contributed by atoms with E-state index in [-0.39, 0.29) is 12.0 Å². The topological polar surface area (TPSA) is 60.0 Å². The molecule has 1 aliphatic rings. The van der Waals surface area contributed by atoms with Gasteiger partial charge in [0.05, 0.1) is 33.5 Å². The van der Waals surface area contributed by atoms with Gasteiger partial charge in [0.1, 0.15) is 0 Å². The minimum Gasteiger partial charge on any atom is -0.493 e. The van der Waals surface area contributed by atoms with Crippen molar-refractivity contribution < 1.29 is 19.0 Å². The third-order valence-corrected chi connectivity index (χ3v) is 3.63. The van der Waals surface area contributed by atoms with Gasteiger partial charge >= 0.3 is 0 Å². The summed E-state index contributed by atoms with van der Waals surface area (Å²) in [6, 6.07) is 5.62. The van der Waals surface area contributed by atoms with Gasteiger partial charge in [0.2, 0.25) is 5.91 Å². The van der Waals surface area contributed by atoms with Crippen molar-refractivity contribution in [3.63, 3.8) is 0 Å². The molecule has 1 aromatic rings. The standard InChI is InChI=1S/C16H24N2O4/c1-12-10-18(6-7-22-12)11-16(19)17-9-13-4-5-14(20-2)15(8-13)21-3/h4-5,8,12H,6-7,9-11H2,1-3H3,(H,17,19). The maximum atomic E-state index is 12.0. The fourth-order valence-electron chi connectivity index (χ4n) is 2.48. The number of carbonyl (C=O) groups is 1. The second-order valence-corrected chi connectivity index (χ2v) is 5.38. The van der Waals surface area contributed by atoms with E-state index in [2.05, 4.69) is 10.2 Å². The maximum Gasteiger partial charge on any atom is 0.234 e. The van der Waals surface area contributed by atoms with Crippen molar-refractivity contribution in [2.45, 2.75) is 19.6 Å². The lowest BCUT2D eigenvalue weighted by Gasteiger charge is -2.30. The molecule has 6 heteroatoms. The monoisotopic (exact) mass is 308 g/mol. The highest BCUT2D eigenvalue weighted by atomic mass is 16.5. The Bertz CT molecular complexity index is 507. The summed E-state index contributed by atoms with van der Waals surface area (Å²) in [7, 11) is 3.20. The van der Waals surface area contributed by atoms with Gasteiger partial charge in [0, 0.05) is 19.6 Å². The third kappa shape index (κ3) is 4.61. The molecule has 1 aromatic carbocycles. The van der Waals surface area contributed by atoms with Crippen LogP contribution in [0.3, 0.4) is 0 Å². The molecule has 122 valence electrons. The Labute approximate surface area is 131 Å². The third-order valence-electron chi connectivity index (χ3n) is 3.63. The van der Waals surface area contributed by atoms with Crippen molar-refractivity contribution in [1.82, 2.24) is 10.2 Å². The molecule has 0 saturated carbocycles. The van der Waals surface area contributed by atoms with Crippen LogP contribution in [0.4, 0.5) is 0 Å². The number of nitrogens with zero attached hydrogens (tertiary/aromatic N) is 1. The Balaban J connectivity index is 1.83. The predicted molar refractivity (Wildman–Crippen MR) is 83.2 cm³/mol. The zero-order chi connectivity index (χ0) is 15.9. The number of rotatable bonds is 6. The normalized spacial score (nSPS) is 18.8. The minimum absolute atomic E-state index is 0.0175. The number of amides is 1. The van der Waals surface area contributed by atoms with Gasteiger partial charge in [-0.25, -0.2) is 0 Å². The van der Waals surface area contributed by atoms with Crippen molar-refractivity contribution >= 4 is 5.91 Å². The summed E-state index contributed by atoms with van der Waals surface area (Å²) in [6.07, 6.45) is 0.187. The van der Waals surface area contributed by atoms with E-state index in [1.165, 1.54) is 0 Å². The molecule has 1 aliphatic heterocycles. The Morgan fingerprint density at radius 2 is 2.14 bits per heavy atom. The summed E-state index contributed by atoms with van der Waals surface area (Å²) in [5.74, 6) is 1.36. The largest absolute Gasteiger partial charge is 0.493 e. The zero-order valence-electron chi connectivity index (χ0n) is 13.4.